The molecule has 2 amide bonds. The van der Waals surface area contributed by atoms with Crippen molar-refractivity contribution in [3.8, 4) is 0 Å². The maximum atomic E-state index is 13.5. The number of hydrogen-bond donors (Lipinski definition) is 0. The summed E-state index contributed by atoms with van der Waals surface area (Å²) in [5.41, 5.74) is 2.72. The molecule has 0 N–H and O–H groups in total. The molecule has 0 aromatic carbocycles. The molecule has 1 aromatic rings. The SMILES string of the molecule is Cc1ccc(C(=O)N2CCC(N3CCCCC3)CC2)c(C2CCN(C(=O)C3CC3)CC2)n1. The Labute approximate surface area is 192 Å². The summed E-state index contributed by atoms with van der Waals surface area (Å²) in [5.74, 6) is 1.05. The van der Waals surface area contributed by atoms with E-state index in [1.165, 1.54) is 32.4 Å². The Kier molecular flexibility index (Phi) is 6.49. The van der Waals surface area contributed by atoms with Gasteiger partial charge in [0.2, 0.25) is 5.91 Å². The first-order chi connectivity index (χ1) is 15.6. The number of carbonyl (C=O) groups excluding carboxylic acids is 2. The number of aromatic nitrogens is 1. The second-order valence-electron chi connectivity index (χ2n) is 10.4. The maximum Gasteiger partial charge on any atom is 0.255 e. The van der Waals surface area contributed by atoms with Crippen LogP contribution in [0.3, 0.4) is 0 Å². The average molecular weight is 439 g/mol. The van der Waals surface area contributed by atoms with E-state index < -0.39 is 0 Å². The molecular formula is C26H38N4O2. The number of nitrogens with zero attached hydrogens (tertiary/aromatic N) is 4. The Hall–Kier alpha value is -1.95. The monoisotopic (exact) mass is 438 g/mol. The van der Waals surface area contributed by atoms with E-state index in [4.69, 9.17) is 4.98 Å². The standard InChI is InChI=1S/C26H38N4O2/c1-19-5-8-23(24(27-19)20-9-15-29(16-10-20)25(31)21-6-7-21)26(32)30-17-11-22(12-18-30)28-13-3-2-4-14-28/h5,8,20-22H,2-4,6-7,9-18H2,1H3. The van der Waals surface area contributed by atoms with E-state index in [2.05, 4.69) is 9.80 Å². The topological polar surface area (TPSA) is 56.8 Å². The van der Waals surface area contributed by atoms with E-state index in [0.29, 0.717) is 11.9 Å². The highest BCUT2D eigenvalue weighted by Gasteiger charge is 2.36. The number of piperidine rings is 3. The van der Waals surface area contributed by atoms with Gasteiger partial charge in [0.1, 0.15) is 0 Å². The zero-order chi connectivity index (χ0) is 22.1. The maximum absolute atomic E-state index is 13.5. The van der Waals surface area contributed by atoms with Crippen molar-refractivity contribution < 1.29 is 9.59 Å². The van der Waals surface area contributed by atoms with Crippen LogP contribution in [0.15, 0.2) is 12.1 Å². The predicted molar refractivity (Wildman–Crippen MR) is 125 cm³/mol. The Balaban J connectivity index is 1.23. The number of rotatable bonds is 4. The largest absolute Gasteiger partial charge is 0.342 e. The fourth-order valence-corrected chi connectivity index (χ4v) is 5.92. The molecule has 0 unspecified atom stereocenters. The molecule has 0 radical (unpaired) electrons. The molecule has 3 saturated heterocycles. The van der Waals surface area contributed by atoms with Gasteiger partial charge in [-0.25, -0.2) is 0 Å². The van der Waals surface area contributed by atoms with E-state index in [9.17, 15) is 9.59 Å². The van der Waals surface area contributed by atoms with Crippen LogP contribution in [0.5, 0.6) is 0 Å². The number of aryl methyl sites for hydroxylation is 1. The van der Waals surface area contributed by atoms with E-state index >= 15 is 0 Å². The molecule has 1 saturated carbocycles. The molecule has 0 spiro atoms. The van der Waals surface area contributed by atoms with Crippen LogP contribution in [0.4, 0.5) is 0 Å². The second-order valence-corrected chi connectivity index (χ2v) is 10.4. The first kappa shape index (κ1) is 21.9. The molecule has 6 heteroatoms. The van der Waals surface area contributed by atoms with Gasteiger partial charge in [-0.3, -0.25) is 14.6 Å². The van der Waals surface area contributed by atoms with Crippen molar-refractivity contribution in [2.75, 3.05) is 39.3 Å². The summed E-state index contributed by atoms with van der Waals surface area (Å²) in [7, 11) is 0. The lowest BCUT2D eigenvalue weighted by Gasteiger charge is -2.40. The molecule has 6 nitrogen and oxygen atoms in total. The quantitative estimate of drug-likeness (QED) is 0.721. The van der Waals surface area contributed by atoms with Gasteiger partial charge in [-0.15, -0.1) is 0 Å². The lowest BCUT2D eigenvalue weighted by Crippen LogP contribution is -2.48. The van der Waals surface area contributed by atoms with E-state index in [0.717, 1.165) is 81.7 Å². The molecule has 4 aliphatic rings. The van der Waals surface area contributed by atoms with Crippen LogP contribution >= 0.6 is 0 Å². The first-order valence-electron chi connectivity index (χ1n) is 12.9. The Morgan fingerprint density at radius 3 is 2.12 bits per heavy atom. The molecule has 3 aliphatic heterocycles. The highest BCUT2D eigenvalue weighted by atomic mass is 16.2. The summed E-state index contributed by atoms with van der Waals surface area (Å²) >= 11 is 0. The number of carbonyl (C=O) groups is 2. The van der Waals surface area contributed by atoms with E-state index in [1.54, 1.807) is 0 Å². The van der Waals surface area contributed by atoms with Crippen molar-refractivity contribution in [3.05, 3.63) is 29.1 Å². The summed E-state index contributed by atoms with van der Waals surface area (Å²) in [6, 6.07) is 4.62. The lowest BCUT2D eigenvalue weighted by molar-refractivity contribution is -0.133. The molecule has 5 rings (SSSR count). The van der Waals surface area contributed by atoms with Crippen LogP contribution in [0.2, 0.25) is 0 Å². The number of pyridine rings is 1. The molecule has 0 bridgehead atoms. The zero-order valence-electron chi connectivity index (χ0n) is 19.6. The van der Waals surface area contributed by atoms with Crippen LogP contribution in [0.1, 0.15) is 85.5 Å². The third-order valence-corrected chi connectivity index (χ3v) is 8.07. The highest BCUT2D eigenvalue weighted by Crippen LogP contribution is 2.35. The molecule has 0 atom stereocenters. The third kappa shape index (κ3) is 4.70. The Bertz CT molecular complexity index is 830. The molecule has 1 aromatic heterocycles. The van der Waals surface area contributed by atoms with Crippen LogP contribution in [-0.4, -0.2) is 76.8 Å². The van der Waals surface area contributed by atoms with Crippen molar-refractivity contribution >= 4 is 11.8 Å². The fraction of sp³-hybridized carbons (Fsp3) is 0.731. The van der Waals surface area contributed by atoms with Gasteiger partial charge in [-0.1, -0.05) is 6.42 Å². The van der Waals surface area contributed by atoms with Gasteiger partial charge in [0, 0.05) is 49.8 Å². The van der Waals surface area contributed by atoms with Gasteiger partial charge in [0.15, 0.2) is 0 Å². The molecule has 4 fully saturated rings. The molecule has 174 valence electrons. The van der Waals surface area contributed by atoms with Crippen LogP contribution in [-0.2, 0) is 4.79 Å². The molecular weight excluding hydrogens is 400 g/mol. The van der Waals surface area contributed by atoms with Gasteiger partial charge in [0.05, 0.1) is 11.3 Å². The smallest absolute Gasteiger partial charge is 0.255 e. The summed E-state index contributed by atoms with van der Waals surface area (Å²) in [6.07, 6.45) is 10.1. The minimum atomic E-state index is 0.154. The number of likely N-dealkylation sites (tertiary alicyclic amines) is 3. The summed E-state index contributed by atoms with van der Waals surface area (Å²) in [5, 5.41) is 0. The van der Waals surface area contributed by atoms with Gasteiger partial charge < -0.3 is 14.7 Å². The molecule has 1 aliphatic carbocycles. The van der Waals surface area contributed by atoms with Gasteiger partial charge in [-0.2, -0.15) is 0 Å². The van der Waals surface area contributed by atoms with Crippen molar-refractivity contribution in [3.63, 3.8) is 0 Å². The number of hydrogen-bond acceptors (Lipinski definition) is 4. The lowest BCUT2D eigenvalue weighted by atomic mass is 9.89. The van der Waals surface area contributed by atoms with Crippen molar-refractivity contribution in [1.29, 1.82) is 0 Å². The Morgan fingerprint density at radius 2 is 1.47 bits per heavy atom. The fourth-order valence-electron chi connectivity index (χ4n) is 5.92. The van der Waals surface area contributed by atoms with Crippen LogP contribution in [0, 0.1) is 12.8 Å². The zero-order valence-corrected chi connectivity index (χ0v) is 19.6. The van der Waals surface area contributed by atoms with E-state index in [-0.39, 0.29) is 17.7 Å². The van der Waals surface area contributed by atoms with Crippen molar-refractivity contribution in [2.45, 2.75) is 76.7 Å². The van der Waals surface area contributed by atoms with Crippen molar-refractivity contribution in [2.24, 2.45) is 5.92 Å². The summed E-state index contributed by atoms with van der Waals surface area (Å²) in [4.78, 5) is 37.6. The van der Waals surface area contributed by atoms with Crippen molar-refractivity contribution in [1.82, 2.24) is 19.7 Å². The Morgan fingerprint density at radius 1 is 0.812 bits per heavy atom. The van der Waals surface area contributed by atoms with E-state index in [1.807, 2.05) is 24.0 Å². The van der Waals surface area contributed by atoms with Gasteiger partial charge in [-0.05, 0) is 83.5 Å². The molecule has 4 heterocycles. The first-order valence-corrected chi connectivity index (χ1v) is 12.9. The predicted octanol–water partition coefficient (Wildman–Crippen LogP) is 3.60. The third-order valence-electron chi connectivity index (χ3n) is 8.07. The van der Waals surface area contributed by atoms with Crippen LogP contribution < -0.4 is 0 Å². The molecule has 32 heavy (non-hydrogen) atoms. The summed E-state index contributed by atoms with van der Waals surface area (Å²) < 4.78 is 0. The highest BCUT2D eigenvalue weighted by molar-refractivity contribution is 5.95. The summed E-state index contributed by atoms with van der Waals surface area (Å²) in [6.45, 7) is 7.76. The second kappa shape index (κ2) is 9.50. The normalized spacial score (nSPS) is 24.0. The van der Waals surface area contributed by atoms with Gasteiger partial charge in [0.25, 0.3) is 5.91 Å². The number of amides is 2. The minimum absolute atomic E-state index is 0.154. The van der Waals surface area contributed by atoms with Gasteiger partial charge >= 0.3 is 0 Å². The van der Waals surface area contributed by atoms with Crippen LogP contribution in [0.25, 0.3) is 0 Å². The minimum Gasteiger partial charge on any atom is -0.342 e. The average Bonchev–Trinajstić information content (AvgIpc) is 3.70.